The van der Waals surface area contributed by atoms with Gasteiger partial charge in [-0.05, 0) is 42.0 Å². The van der Waals surface area contributed by atoms with E-state index < -0.39 is 0 Å². The molecule has 1 aromatic carbocycles. The van der Waals surface area contributed by atoms with Crippen LogP contribution < -0.4 is 11.4 Å². The Hall–Kier alpha value is -2.56. The quantitative estimate of drug-likeness (QED) is 0.757. The van der Waals surface area contributed by atoms with Gasteiger partial charge in [-0.1, -0.05) is 30.4 Å². The standard InChI is InChI=1S/C19H17N3O2/c23-18-20(13-4-2-1-3-5-13)19(24)22-16-10-15(21(18)22)14-9-11-6-7-12(8-11)17(14)16/h1-7,11-12,15-16H,8-10H2/t11-,12+,15-,16+/m1/s1. The van der Waals surface area contributed by atoms with Crippen molar-refractivity contribution in [2.75, 3.05) is 0 Å². The van der Waals surface area contributed by atoms with Gasteiger partial charge in [0.1, 0.15) is 0 Å². The van der Waals surface area contributed by atoms with Gasteiger partial charge < -0.3 is 0 Å². The Balaban J connectivity index is 1.58. The van der Waals surface area contributed by atoms with Crippen LogP contribution in [0.25, 0.3) is 5.69 Å². The summed E-state index contributed by atoms with van der Waals surface area (Å²) >= 11 is 0. The molecule has 0 saturated heterocycles. The number of benzene rings is 1. The van der Waals surface area contributed by atoms with Crippen LogP contribution in [0.5, 0.6) is 0 Å². The van der Waals surface area contributed by atoms with Gasteiger partial charge >= 0.3 is 11.4 Å². The number of rotatable bonds is 1. The maximum absolute atomic E-state index is 13.0. The topological polar surface area (TPSA) is 48.9 Å². The first-order valence-electron chi connectivity index (χ1n) is 8.66. The Morgan fingerprint density at radius 3 is 2.42 bits per heavy atom. The van der Waals surface area contributed by atoms with Crippen molar-refractivity contribution in [2.24, 2.45) is 11.8 Å². The summed E-state index contributed by atoms with van der Waals surface area (Å²) < 4.78 is 4.78. The van der Waals surface area contributed by atoms with Crippen molar-refractivity contribution >= 4 is 0 Å². The molecule has 0 spiro atoms. The van der Waals surface area contributed by atoms with Crippen molar-refractivity contribution in [2.45, 2.75) is 31.3 Å². The van der Waals surface area contributed by atoms with Gasteiger partial charge in [-0.3, -0.25) is 0 Å². The summed E-state index contributed by atoms with van der Waals surface area (Å²) in [4.78, 5) is 26.0. The van der Waals surface area contributed by atoms with Crippen LogP contribution in [0.1, 0.15) is 31.3 Å². The van der Waals surface area contributed by atoms with E-state index >= 15 is 0 Å². The van der Waals surface area contributed by atoms with Crippen LogP contribution >= 0.6 is 0 Å². The lowest BCUT2D eigenvalue weighted by Gasteiger charge is -2.30. The van der Waals surface area contributed by atoms with E-state index in [4.69, 9.17) is 0 Å². The molecule has 6 rings (SSSR count). The Morgan fingerprint density at radius 2 is 1.62 bits per heavy atom. The van der Waals surface area contributed by atoms with Crippen LogP contribution in [-0.4, -0.2) is 13.9 Å². The van der Waals surface area contributed by atoms with Crippen molar-refractivity contribution in [3.05, 3.63) is 74.6 Å². The molecule has 120 valence electrons. The summed E-state index contributed by atoms with van der Waals surface area (Å²) in [6.07, 6.45) is 7.76. The highest BCUT2D eigenvalue weighted by atomic mass is 16.2. The zero-order chi connectivity index (χ0) is 16.0. The second-order valence-electron chi connectivity index (χ2n) is 7.36. The van der Waals surface area contributed by atoms with Crippen molar-refractivity contribution in [1.29, 1.82) is 0 Å². The molecule has 24 heavy (non-hydrogen) atoms. The highest BCUT2D eigenvalue weighted by molar-refractivity contribution is 5.42. The lowest BCUT2D eigenvalue weighted by molar-refractivity contribution is 0.399. The molecular weight excluding hydrogens is 302 g/mol. The number of nitrogens with zero attached hydrogens (tertiary/aromatic N) is 3. The number of allylic oxidation sites excluding steroid dienone is 4. The molecule has 5 heteroatoms. The number of fused-ring (bicyclic) bond motifs is 10. The van der Waals surface area contributed by atoms with Gasteiger partial charge in [0, 0.05) is 12.3 Å². The van der Waals surface area contributed by atoms with Gasteiger partial charge in [-0.25, -0.2) is 23.5 Å². The van der Waals surface area contributed by atoms with E-state index in [2.05, 4.69) is 12.2 Å². The Labute approximate surface area is 138 Å². The number of hydrogen-bond donors (Lipinski definition) is 0. The lowest BCUT2D eigenvalue weighted by atomic mass is 9.81. The summed E-state index contributed by atoms with van der Waals surface area (Å²) in [5, 5.41) is 0. The maximum Gasteiger partial charge on any atom is 0.352 e. The molecule has 0 fully saturated rings. The normalized spacial score (nSPS) is 31.7. The summed E-state index contributed by atoms with van der Waals surface area (Å²) in [5.41, 5.74) is 3.11. The fraction of sp³-hybridized carbons (Fsp3) is 0.368. The average molecular weight is 319 g/mol. The van der Waals surface area contributed by atoms with Gasteiger partial charge in [-0.15, -0.1) is 0 Å². The van der Waals surface area contributed by atoms with Crippen molar-refractivity contribution in [1.82, 2.24) is 13.9 Å². The molecule has 4 aliphatic rings. The van der Waals surface area contributed by atoms with E-state index in [1.165, 1.54) is 22.1 Å². The minimum Gasteiger partial charge on any atom is -0.245 e. The van der Waals surface area contributed by atoms with E-state index in [0.29, 0.717) is 17.5 Å². The molecule has 2 aromatic rings. The second-order valence-corrected chi connectivity index (χ2v) is 7.36. The summed E-state index contributed by atoms with van der Waals surface area (Å²) in [5.74, 6) is 1.10. The average Bonchev–Trinajstić information content (AvgIpc) is 3.32. The monoisotopic (exact) mass is 319 g/mol. The van der Waals surface area contributed by atoms with Crippen LogP contribution in [0, 0.1) is 11.8 Å². The fourth-order valence-electron chi connectivity index (χ4n) is 5.38. The van der Waals surface area contributed by atoms with Crippen LogP contribution in [-0.2, 0) is 0 Å². The largest absolute Gasteiger partial charge is 0.352 e. The maximum atomic E-state index is 13.0. The van der Waals surface area contributed by atoms with E-state index in [1.807, 2.05) is 30.3 Å². The van der Waals surface area contributed by atoms with E-state index in [1.54, 1.807) is 9.36 Å². The van der Waals surface area contributed by atoms with Crippen LogP contribution in [0.4, 0.5) is 0 Å². The van der Waals surface area contributed by atoms with Gasteiger partial charge in [0.25, 0.3) is 0 Å². The van der Waals surface area contributed by atoms with Crippen molar-refractivity contribution < 1.29 is 0 Å². The van der Waals surface area contributed by atoms with Gasteiger partial charge in [0.2, 0.25) is 0 Å². The minimum absolute atomic E-state index is 0.0730. The van der Waals surface area contributed by atoms with Gasteiger partial charge in [0.15, 0.2) is 0 Å². The summed E-state index contributed by atoms with van der Waals surface area (Å²) in [6, 6.07) is 9.40. The molecule has 0 amide bonds. The predicted octanol–water partition coefficient (Wildman–Crippen LogP) is 2.19. The highest BCUT2D eigenvalue weighted by Gasteiger charge is 2.51. The minimum atomic E-state index is -0.200. The van der Waals surface area contributed by atoms with Crippen molar-refractivity contribution in [3.63, 3.8) is 0 Å². The van der Waals surface area contributed by atoms with Crippen LogP contribution in [0.15, 0.2) is 63.2 Å². The third-order valence-electron chi connectivity index (χ3n) is 6.24. The Morgan fingerprint density at radius 1 is 0.875 bits per heavy atom. The fourth-order valence-corrected chi connectivity index (χ4v) is 5.38. The Kier molecular flexibility index (Phi) is 2.19. The lowest BCUT2D eigenvalue weighted by Crippen LogP contribution is -2.32. The van der Waals surface area contributed by atoms with Gasteiger partial charge in [0.05, 0.1) is 17.8 Å². The molecule has 3 aliphatic carbocycles. The number of aromatic nitrogens is 3. The predicted molar refractivity (Wildman–Crippen MR) is 89.4 cm³/mol. The molecule has 4 bridgehead atoms. The molecule has 4 atom stereocenters. The first-order valence-corrected chi connectivity index (χ1v) is 8.66. The SMILES string of the molecule is O=c1n(-c2ccccc2)c(=O)n2n1[C@@H]1C[C@H]2C2=C1C[C@@H]1C=C[C@H]2C1. The van der Waals surface area contributed by atoms with E-state index in [-0.39, 0.29) is 23.5 Å². The number of hydrogen-bond acceptors (Lipinski definition) is 2. The summed E-state index contributed by atoms with van der Waals surface area (Å²) in [7, 11) is 0. The molecule has 0 saturated carbocycles. The molecule has 2 heterocycles. The molecule has 5 nitrogen and oxygen atoms in total. The third-order valence-corrected chi connectivity index (χ3v) is 6.24. The van der Waals surface area contributed by atoms with Crippen molar-refractivity contribution in [3.8, 4) is 5.69 Å². The van der Waals surface area contributed by atoms with E-state index in [0.717, 1.165) is 12.8 Å². The van der Waals surface area contributed by atoms with Crippen LogP contribution in [0.3, 0.4) is 0 Å². The molecule has 1 aliphatic heterocycles. The highest BCUT2D eigenvalue weighted by Crippen LogP contribution is 2.57. The molecule has 0 N–H and O–H groups in total. The molecule has 0 unspecified atom stereocenters. The van der Waals surface area contributed by atoms with Crippen LogP contribution in [0.2, 0.25) is 0 Å². The van der Waals surface area contributed by atoms with E-state index in [9.17, 15) is 9.59 Å². The third kappa shape index (κ3) is 1.33. The zero-order valence-corrected chi connectivity index (χ0v) is 13.1. The number of para-hydroxylation sites is 1. The first-order chi connectivity index (χ1) is 11.7. The molecule has 1 aromatic heterocycles. The molecular formula is C19H17N3O2. The van der Waals surface area contributed by atoms with Gasteiger partial charge in [-0.2, -0.15) is 0 Å². The Bertz CT molecular complexity index is 1050. The molecule has 0 radical (unpaired) electrons. The second kappa shape index (κ2) is 4.09. The smallest absolute Gasteiger partial charge is 0.245 e. The first kappa shape index (κ1) is 12.8. The zero-order valence-electron chi connectivity index (χ0n) is 13.1. The summed E-state index contributed by atoms with van der Waals surface area (Å²) in [6.45, 7) is 0.